The quantitative estimate of drug-likeness (QED) is 0.536. The molecule has 0 aromatic heterocycles. The molecule has 2 aromatic carbocycles. The fourth-order valence-corrected chi connectivity index (χ4v) is 2.95. The highest BCUT2D eigenvalue weighted by atomic mass is 16.5. The third kappa shape index (κ3) is 2.54. The van der Waals surface area contributed by atoms with Gasteiger partial charge in [0, 0.05) is 17.0 Å². The molecule has 0 bridgehead atoms. The number of fused-ring (bicyclic) bond motifs is 1. The molecule has 1 aliphatic rings. The number of ketones is 1. The number of esters is 1. The van der Waals surface area contributed by atoms with Crippen LogP contribution in [0.1, 0.15) is 40.7 Å². The maximum atomic E-state index is 11.9. The summed E-state index contributed by atoms with van der Waals surface area (Å²) in [7, 11) is 1.55. The summed E-state index contributed by atoms with van der Waals surface area (Å²) in [5.74, 6) is -0.310. The molecule has 0 unspecified atom stereocenters. The lowest BCUT2D eigenvalue weighted by Gasteiger charge is -2.27. The SMILES string of the molecule is COc1ccccc1[C@@H]1CC(=O)Oc2ccc(C(C)=O)c(O)c21. The molecule has 0 radical (unpaired) electrons. The standard InChI is InChI=1S/C18H16O5/c1-10(19)11-7-8-15-17(18(11)21)13(9-16(20)23-15)12-5-3-4-6-14(12)22-2/h3-8,13,21H,9H2,1-2H3/t13-/m0/s1. The molecule has 1 N–H and O–H groups in total. The van der Waals surface area contributed by atoms with Crippen LogP contribution < -0.4 is 9.47 Å². The van der Waals surface area contributed by atoms with Gasteiger partial charge in [-0.15, -0.1) is 0 Å². The molecule has 0 aliphatic carbocycles. The maximum Gasteiger partial charge on any atom is 0.312 e. The van der Waals surface area contributed by atoms with Crippen LogP contribution in [0.5, 0.6) is 17.2 Å². The second kappa shape index (κ2) is 5.76. The molecular formula is C18H16O5. The third-order valence-electron chi connectivity index (χ3n) is 4.01. The van der Waals surface area contributed by atoms with Gasteiger partial charge in [0.25, 0.3) is 0 Å². The Kier molecular flexibility index (Phi) is 3.78. The summed E-state index contributed by atoms with van der Waals surface area (Å²) in [5, 5.41) is 10.5. The molecule has 0 spiro atoms. The first-order valence-electron chi connectivity index (χ1n) is 7.23. The van der Waals surface area contributed by atoms with Crippen LogP contribution >= 0.6 is 0 Å². The number of hydrogen-bond acceptors (Lipinski definition) is 5. The summed E-state index contributed by atoms with van der Waals surface area (Å²) in [5.41, 5.74) is 1.42. The highest BCUT2D eigenvalue weighted by molar-refractivity contribution is 5.98. The van der Waals surface area contributed by atoms with Crippen LogP contribution in [0.3, 0.4) is 0 Å². The van der Waals surface area contributed by atoms with Crippen molar-refractivity contribution in [3.05, 3.63) is 53.1 Å². The first-order chi connectivity index (χ1) is 11.0. The van der Waals surface area contributed by atoms with Crippen LogP contribution in [0.15, 0.2) is 36.4 Å². The normalized spacial score (nSPS) is 16.4. The third-order valence-corrected chi connectivity index (χ3v) is 4.01. The Balaban J connectivity index is 2.23. The Morgan fingerprint density at radius 1 is 1.26 bits per heavy atom. The Labute approximate surface area is 133 Å². The first-order valence-corrected chi connectivity index (χ1v) is 7.23. The second-order valence-electron chi connectivity index (χ2n) is 5.40. The topological polar surface area (TPSA) is 72.8 Å². The number of Topliss-reactive ketones (excluding diaryl/α,β-unsaturated/α-hetero) is 1. The van der Waals surface area contributed by atoms with E-state index in [0.717, 1.165) is 5.56 Å². The predicted molar refractivity (Wildman–Crippen MR) is 83.2 cm³/mol. The maximum absolute atomic E-state index is 11.9. The van der Waals surface area contributed by atoms with E-state index < -0.39 is 5.92 Å². The van der Waals surface area contributed by atoms with Gasteiger partial charge in [0.2, 0.25) is 0 Å². The van der Waals surface area contributed by atoms with E-state index in [0.29, 0.717) is 11.3 Å². The average molecular weight is 312 g/mol. The summed E-state index contributed by atoms with van der Waals surface area (Å²) >= 11 is 0. The number of methoxy groups -OCH3 is 1. The minimum absolute atomic E-state index is 0.0717. The van der Waals surface area contributed by atoms with Crippen molar-refractivity contribution in [2.45, 2.75) is 19.3 Å². The molecule has 118 valence electrons. The lowest BCUT2D eigenvalue weighted by Crippen LogP contribution is -2.22. The smallest absolute Gasteiger partial charge is 0.312 e. The van der Waals surface area contributed by atoms with E-state index in [-0.39, 0.29) is 35.2 Å². The summed E-state index contributed by atoms with van der Waals surface area (Å²) < 4.78 is 10.6. The lowest BCUT2D eigenvalue weighted by atomic mass is 9.84. The largest absolute Gasteiger partial charge is 0.507 e. The number of phenolic OH excluding ortho intramolecular Hbond substituents is 1. The van der Waals surface area contributed by atoms with Crippen molar-refractivity contribution in [2.75, 3.05) is 7.11 Å². The molecule has 2 aromatic rings. The zero-order valence-electron chi connectivity index (χ0n) is 12.8. The van der Waals surface area contributed by atoms with E-state index in [1.807, 2.05) is 18.2 Å². The number of carbonyl (C=O) groups is 2. The summed E-state index contributed by atoms with van der Waals surface area (Å²) in [4.78, 5) is 23.6. The van der Waals surface area contributed by atoms with Crippen molar-refractivity contribution in [3.63, 3.8) is 0 Å². The van der Waals surface area contributed by atoms with E-state index in [1.165, 1.54) is 13.0 Å². The summed E-state index contributed by atoms with van der Waals surface area (Å²) in [6, 6.07) is 10.3. The number of hydrogen-bond donors (Lipinski definition) is 1. The predicted octanol–water partition coefficient (Wildman–Crippen LogP) is 3.04. The average Bonchev–Trinajstić information content (AvgIpc) is 2.53. The van der Waals surface area contributed by atoms with Crippen molar-refractivity contribution >= 4 is 11.8 Å². The van der Waals surface area contributed by atoms with Gasteiger partial charge >= 0.3 is 5.97 Å². The summed E-state index contributed by atoms with van der Waals surface area (Å²) in [6.07, 6.45) is 0.0717. The Bertz CT molecular complexity index is 794. The Morgan fingerprint density at radius 3 is 2.70 bits per heavy atom. The molecule has 0 saturated carbocycles. The van der Waals surface area contributed by atoms with Crippen LogP contribution in [0.25, 0.3) is 0 Å². The number of aromatic hydroxyl groups is 1. The van der Waals surface area contributed by atoms with Crippen molar-refractivity contribution in [1.29, 1.82) is 0 Å². The van der Waals surface area contributed by atoms with E-state index in [4.69, 9.17) is 9.47 Å². The fourth-order valence-electron chi connectivity index (χ4n) is 2.95. The number of rotatable bonds is 3. The van der Waals surface area contributed by atoms with Gasteiger partial charge in [0.1, 0.15) is 17.2 Å². The molecule has 0 amide bonds. The van der Waals surface area contributed by atoms with Crippen molar-refractivity contribution in [3.8, 4) is 17.2 Å². The van der Waals surface area contributed by atoms with Gasteiger partial charge in [-0.3, -0.25) is 9.59 Å². The van der Waals surface area contributed by atoms with Gasteiger partial charge in [0.05, 0.1) is 19.1 Å². The number of ether oxygens (including phenoxy) is 2. The summed E-state index contributed by atoms with van der Waals surface area (Å²) in [6.45, 7) is 1.38. The molecular weight excluding hydrogens is 296 g/mol. The minimum atomic E-state index is -0.429. The zero-order valence-corrected chi connectivity index (χ0v) is 12.8. The van der Waals surface area contributed by atoms with Crippen LogP contribution in [-0.4, -0.2) is 24.0 Å². The lowest BCUT2D eigenvalue weighted by molar-refractivity contribution is -0.135. The van der Waals surface area contributed by atoms with Gasteiger partial charge in [-0.2, -0.15) is 0 Å². The Hall–Kier alpha value is -2.82. The molecule has 5 heteroatoms. The molecule has 0 saturated heterocycles. The van der Waals surface area contributed by atoms with Crippen molar-refractivity contribution < 1.29 is 24.2 Å². The molecule has 1 heterocycles. The monoisotopic (exact) mass is 312 g/mol. The minimum Gasteiger partial charge on any atom is -0.507 e. The van der Waals surface area contributed by atoms with Gasteiger partial charge in [-0.25, -0.2) is 0 Å². The highest BCUT2D eigenvalue weighted by Gasteiger charge is 2.34. The van der Waals surface area contributed by atoms with Crippen LogP contribution in [0.4, 0.5) is 0 Å². The van der Waals surface area contributed by atoms with Crippen LogP contribution in [0.2, 0.25) is 0 Å². The van der Waals surface area contributed by atoms with E-state index in [9.17, 15) is 14.7 Å². The second-order valence-corrected chi connectivity index (χ2v) is 5.40. The van der Waals surface area contributed by atoms with E-state index >= 15 is 0 Å². The number of benzene rings is 2. The van der Waals surface area contributed by atoms with Gasteiger partial charge in [-0.05, 0) is 25.1 Å². The van der Waals surface area contributed by atoms with Gasteiger partial charge in [0.15, 0.2) is 5.78 Å². The number of para-hydroxylation sites is 1. The highest BCUT2D eigenvalue weighted by Crippen LogP contribution is 2.47. The zero-order chi connectivity index (χ0) is 16.6. The van der Waals surface area contributed by atoms with Crippen molar-refractivity contribution in [1.82, 2.24) is 0 Å². The molecule has 1 atom stereocenters. The number of phenols is 1. The van der Waals surface area contributed by atoms with Crippen LogP contribution in [0, 0.1) is 0 Å². The number of carbonyl (C=O) groups excluding carboxylic acids is 2. The molecule has 5 nitrogen and oxygen atoms in total. The van der Waals surface area contributed by atoms with E-state index in [1.54, 1.807) is 19.2 Å². The van der Waals surface area contributed by atoms with Gasteiger partial charge in [-0.1, -0.05) is 18.2 Å². The van der Waals surface area contributed by atoms with Crippen molar-refractivity contribution in [2.24, 2.45) is 0 Å². The molecule has 1 aliphatic heterocycles. The van der Waals surface area contributed by atoms with Crippen LogP contribution in [-0.2, 0) is 4.79 Å². The molecule has 0 fully saturated rings. The first kappa shape index (κ1) is 15.1. The van der Waals surface area contributed by atoms with Gasteiger partial charge < -0.3 is 14.6 Å². The Morgan fingerprint density at radius 2 is 2.00 bits per heavy atom. The molecule has 3 rings (SSSR count). The molecule has 23 heavy (non-hydrogen) atoms. The van der Waals surface area contributed by atoms with E-state index in [2.05, 4.69) is 0 Å². The fraction of sp³-hybridized carbons (Fsp3) is 0.222.